The van der Waals surface area contributed by atoms with Crippen LogP contribution in [0.15, 0.2) is 36.1 Å². The van der Waals surface area contributed by atoms with Crippen LogP contribution in [0.1, 0.15) is 92.4 Å². The predicted molar refractivity (Wildman–Crippen MR) is 128 cm³/mol. The standard InChI is InChI=1S/C29H46O/c1-19(22(4)18-30)9-10-21(3)25-13-14-26-23-11-12-24-20(2)8-7-16-28(24,5)27(23)15-17-29(25,26)6/h9-10,18,20-21,23-27,30H,1,7-8,11-17H2,2-6H3/t20-,21-,23+,24?,25-,26+,27+,28+,29-/m1/s1. The van der Waals surface area contributed by atoms with Crippen molar-refractivity contribution in [3.63, 3.8) is 0 Å². The molecule has 0 aliphatic heterocycles. The number of hydrogen-bond donors (Lipinski definition) is 1. The lowest BCUT2D eigenvalue weighted by atomic mass is 9.43. The number of rotatable bonds is 4. The van der Waals surface area contributed by atoms with E-state index in [9.17, 15) is 5.11 Å². The summed E-state index contributed by atoms with van der Waals surface area (Å²) in [5.74, 6) is 6.22. The third kappa shape index (κ3) is 3.43. The predicted octanol–water partition coefficient (Wildman–Crippen LogP) is 8.49. The molecule has 30 heavy (non-hydrogen) atoms. The summed E-state index contributed by atoms with van der Waals surface area (Å²) in [5.41, 5.74) is 2.93. The lowest BCUT2D eigenvalue weighted by Gasteiger charge is -2.62. The van der Waals surface area contributed by atoms with E-state index in [0.717, 1.165) is 46.7 Å². The molecule has 0 aromatic heterocycles. The van der Waals surface area contributed by atoms with Gasteiger partial charge >= 0.3 is 0 Å². The maximum atomic E-state index is 9.25. The molecule has 4 rings (SSSR count). The Kier molecular flexibility index (Phi) is 6.06. The molecule has 4 saturated carbocycles. The first-order chi connectivity index (χ1) is 14.2. The molecule has 0 radical (unpaired) electrons. The molecule has 0 saturated heterocycles. The minimum absolute atomic E-state index is 0.512. The molecule has 4 aliphatic carbocycles. The second-order valence-electron chi connectivity index (χ2n) is 12.2. The average Bonchev–Trinajstić information content (AvgIpc) is 3.08. The lowest BCUT2D eigenvalue weighted by Crippen LogP contribution is -2.54. The van der Waals surface area contributed by atoms with E-state index in [-0.39, 0.29) is 0 Å². The zero-order valence-electron chi connectivity index (χ0n) is 20.3. The molecule has 0 aromatic rings. The molecule has 0 bridgehead atoms. The van der Waals surface area contributed by atoms with E-state index < -0.39 is 0 Å². The Labute approximate surface area is 186 Å². The van der Waals surface area contributed by atoms with Crippen molar-refractivity contribution < 1.29 is 5.11 Å². The van der Waals surface area contributed by atoms with Gasteiger partial charge in [-0.1, -0.05) is 59.3 Å². The Morgan fingerprint density at radius 3 is 2.40 bits per heavy atom. The molecular weight excluding hydrogens is 364 g/mol. The van der Waals surface area contributed by atoms with Crippen LogP contribution in [0, 0.1) is 52.3 Å². The van der Waals surface area contributed by atoms with E-state index in [1.165, 1.54) is 64.0 Å². The topological polar surface area (TPSA) is 20.2 Å². The summed E-state index contributed by atoms with van der Waals surface area (Å²) < 4.78 is 0. The summed E-state index contributed by atoms with van der Waals surface area (Å²) in [6, 6.07) is 0. The third-order valence-corrected chi connectivity index (χ3v) is 11.0. The van der Waals surface area contributed by atoms with Gasteiger partial charge in [-0.15, -0.1) is 0 Å². The van der Waals surface area contributed by atoms with Crippen LogP contribution < -0.4 is 0 Å². The fourth-order valence-electron chi connectivity index (χ4n) is 9.32. The molecule has 168 valence electrons. The molecule has 1 unspecified atom stereocenters. The van der Waals surface area contributed by atoms with Crippen molar-refractivity contribution in [2.24, 2.45) is 52.3 Å². The van der Waals surface area contributed by atoms with Crippen LogP contribution in [0.4, 0.5) is 0 Å². The van der Waals surface area contributed by atoms with Crippen LogP contribution in [0.5, 0.6) is 0 Å². The van der Waals surface area contributed by atoms with E-state index in [4.69, 9.17) is 0 Å². The summed E-state index contributed by atoms with van der Waals surface area (Å²) in [4.78, 5) is 0. The highest BCUT2D eigenvalue weighted by molar-refractivity contribution is 5.34. The van der Waals surface area contributed by atoms with Crippen molar-refractivity contribution in [3.8, 4) is 0 Å². The maximum absolute atomic E-state index is 9.25. The molecule has 4 fully saturated rings. The first kappa shape index (κ1) is 22.2. The highest BCUT2D eigenvalue weighted by Gasteiger charge is 2.60. The second kappa shape index (κ2) is 8.18. The van der Waals surface area contributed by atoms with Gasteiger partial charge in [0, 0.05) is 0 Å². The summed E-state index contributed by atoms with van der Waals surface area (Å²) >= 11 is 0. The largest absolute Gasteiger partial charge is 0.515 e. The second-order valence-corrected chi connectivity index (χ2v) is 12.2. The highest BCUT2D eigenvalue weighted by atomic mass is 16.2. The fraction of sp³-hybridized carbons (Fsp3) is 0.793. The number of fused-ring (bicyclic) bond motifs is 5. The van der Waals surface area contributed by atoms with E-state index in [0.29, 0.717) is 16.7 Å². The Balaban J connectivity index is 1.51. The molecule has 0 spiro atoms. The average molecular weight is 411 g/mol. The SMILES string of the molecule is C=C(C=C[C@@H](C)[C@H]1CC[C@H]2[C@@H]3CCC4[C@H](C)CCC[C@]4(C)[C@H]3CC[C@]12C)C(C)=CO. The third-order valence-electron chi connectivity index (χ3n) is 11.0. The minimum Gasteiger partial charge on any atom is -0.515 e. The molecular formula is C29H46O. The number of allylic oxidation sites excluding steroid dienone is 4. The smallest absolute Gasteiger partial charge is 0.0826 e. The monoisotopic (exact) mass is 410 g/mol. The Morgan fingerprint density at radius 2 is 1.67 bits per heavy atom. The van der Waals surface area contributed by atoms with Crippen LogP contribution >= 0.6 is 0 Å². The quantitative estimate of drug-likeness (QED) is 0.364. The van der Waals surface area contributed by atoms with Gasteiger partial charge in [-0.25, -0.2) is 0 Å². The molecule has 4 aliphatic rings. The van der Waals surface area contributed by atoms with Crippen molar-refractivity contribution in [2.45, 2.75) is 92.4 Å². The van der Waals surface area contributed by atoms with E-state index in [1.807, 2.05) is 6.92 Å². The van der Waals surface area contributed by atoms with E-state index in [2.05, 4.69) is 46.4 Å². The van der Waals surface area contributed by atoms with Crippen molar-refractivity contribution in [2.75, 3.05) is 0 Å². The zero-order chi connectivity index (χ0) is 21.7. The number of aliphatic hydroxyl groups is 1. The molecule has 0 heterocycles. The summed E-state index contributed by atoms with van der Waals surface area (Å²) in [5, 5.41) is 9.25. The zero-order valence-corrected chi connectivity index (χ0v) is 20.3. The van der Waals surface area contributed by atoms with E-state index in [1.54, 1.807) is 0 Å². The van der Waals surface area contributed by atoms with Crippen molar-refractivity contribution in [1.29, 1.82) is 0 Å². The molecule has 1 N–H and O–H groups in total. The number of hydrogen-bond acceptors (Lipinski definition) is 1. The van der Waals surface area contributed by atoms with Gasteiger partial charge in [-0.3, -0.25) is 0 Å². The molecule has 0 amide bonds. The van der Waals surface area contributed by atoms with Crippen LogP contribution in [-0.2, 0) is 0 Å². The summed E-state index contributed by atoms with van der Waals surface area (Å²) in [7, 11) is 0. The Bertz CT molecular complexity index is 716. The van der Waals surface area contributed by atoms with E-state index >= 15 is 0 Å². The molecule has 1 heteroatoms. The van der Waals surface area contributed by atoms with Crippen LogP contribution in [0.25, 0.3) is 0 Å². The van der Waals surface area contributed by atoms with Gasteiger partial charge in [0.05, 0.1) is 6.26 Å². The van der Waals surface area contributed by atoms with Crippen LogP contribution in [-0.4, -0.2) is 5.11 Å². The van der Waals surface area contributed by atoms with Crippen LogP contribution in [0.2, 0.25) is 0 Å². The van der Waals surface area contributed by atoms with Crippen molar-refractivity contribution >= 4 is 0 Å². The lowest BCUT2D eigenvalue weighted by molar-refractivity contribution is -0.126. The molecule has 1 nitrogen and oxygen atoms in total. The summed E-state index contributed by atoms with van der Waals surface area (Å²) in [6.45, 7) is 16.4. The Morgan fingerprint density at radius 1 is 0.967 bits per heavy atom. The van der Waals surface area contributed by atoms with Crippen LogP contribution in [0.3, 0.4) is 0 Å². The van der Waals surface area contributed by atoms with Gasteiger partial charge in [0.1, 0.15) is 0 Å². The molecule has 9 atom stereocenters. The van der Waals surface area contributed by atoms with Crippen molar-refractivity contribution in [3.05, 3.63) is 36.1 Å². The van der Waals surface area contributed by atoms with Gasteiger partial charge in [-0.2, -0.15) is 0 Å². The Hall–Kier alpha value is -0.980. The van der Waals surface area contributed by atoms with Gasteiger partial charge in [0.2, 0.25) is 0 Å². The fourth-order valence-corrected chi connectivity index (χ4v) is 9.32. The minimum atomic E-state index is 0.512. The van der Waals surface area contributed by atoms with Gasteiger partial charge < -0.3 is 5.11 Å². The highest BCUT2D eigenvalue weighted by Crippen LogP contribution is 2.68. The molecule has 0 aromatic carbocycles. The first-order valence-electron chi connectivity index (χ1n) is 12.9. The van der Waals surface area contributed by atoms with Gasteiger partial charge in [0.15, 0.2) is 0 Å². The maximum Gasteiger partial charge on any atom is 0.0826 e. The summed E-state index contributed by atoms with van der Waals surface area (Å²) in [6.07, 6.45) is 18.9. The number of aliphatic hydroxyl groups excluding tert-OH is 1. The van der Waals surface area contributed by atoms with Gasteiger partial charge in [0.25, 0.3) is 0 Å². The first-order valence-corrected chi connectivity index (χ1v) is 12.9. The van der Waals surface area contributed by atoms with Crippen molar-refractivity contribution in [1.82, 2.24) is 0 Å². The normalized spacial score (nSPS) is 47.4. The van der Waals surface area contributed by atoms with Gasteiger partial charge in [-0.05, 0) is 115 Å².